The van der Waals surface area contributed by atoms with Crippen LogP contribution in [0.1, 0.15) is 41.8 Å². The summed E-state index contributed by atoms with van der Waals surface area (Å²) in [5.41, 5.74) is 4.23. The van der Waals surface area contributed by atoms with Crippen LogP contribution in [0.15, 0.2) is 59.7 Å². The highest BCUT2D eigenvalue weighted by Gasteiger charge is 2.14. The molecule has 0 fully saturated rings. The topological polar surface area (TPSA) is 78.4 Å². The summed E-state index contributed by atoms with van der Waals surface area (Å²) in [6, 6.07) is 14.2. The van der Waals surface area contributed by atoms with Crippen molar-refractivity contribution in [3.05, 3.63) is 82.1 Å². The van der Waals surface area contributed by atoms with Gasteiger partial charge in [-0.25, -0.2) is 9.82 Å². The van der Waals surface area contributed by atoms with Crippen LogP contribution < -0.4 is 24.4 Å². The highest BCUT2D eigenvalue weighted by molar-refractivity contribution is 6.32. The Kier molecular flexibility index (Phi) is 9.94. The maximum atomic E-state index is 13.1. The molecule has 0 aliphatic carbocycles. The highest BCUT2D eigenvalue weighted by atomic mass is 35.5. The first-order chi connectivity index (χ1) is 17.4. The summed E-state index contributed by atoms with van der Waals surface area (Å²) in [6.45, 7) is 4.97. The zero-order valence-electron chi connectivity index (χ0n) is 20.3. The lowest BCUT2D eigenvalue weighted by Gasteiger charge is -2.14. The molecule has 0 saturated heterocycles. The molecule has 36 heavy (non-hydrogen) atoms. The molecular weight excluding hydrogens is 487 g/mol. The van der Waals surface area contributed by atoms with Gasteiger partial charge in [0, 0.05) is 5.56 Å². The van der Waals surface area contributed by atoms with Crippen molar-refractivity contribution < 1.29 is 28.1 Å². The first-order valence-electron chi connectivity index (χ1n) is 11.4. The second-order valence-electron chi connectivity index (χ2n) is 7.59. The number of benzene rings is 3. The Bertz CT molecular complexity index is 1200. The summed E-state index contributed by atoms with van der Waals surface area (Å²) >= 11 is 6.44. The molecule has 0 spiro atoms. The standard InChI is InChI=1S/C27H28ClFN2O5/c1-4-12-35-23-11-8-20(15-24(23)33-3)27(32)31-30-16-19-13-22(28)26(25(14-19)34-5-2)36-17-18-6-9-21(29)10-7-18/h6-11,13-16H,4-5,12,17H2,1-3H3,(H,31,32)/b30-16+. The van der Waals surface area contributed by atoms with E-state index in [0.29, 0.717) is 52.4 Å². The maximum Gasteiger partial charge on any atom is 0.271 e. The predicted molar refractivity (Wildman–Crippen MR) is 137 cm³/mol. The van der Waals surface area contributed by atoms with E-state index in [4.69, 9.17) is 30.5 Å². The first-order valence-corrected chi connectivity index (χ1v) is 11.8. The van der Waals surface area contributed by atoms with Gasteiger partial charge < -0.3 is 18.9 Å². The van der Waals surface area contributed by atoms with Crippen molar-refractivity contribution in [1.29, 1.82) is 0 Å². The fourth-order valence-electron chi connectivity index (χ4n) is 3.17. The third-order valence-corrected chi connectivity index (χ3v) is 5.18. The van der Waals surface area contributed by atoms with Crippen LogP contribution >= 0.6 is 11.6 Å². The lowest BCUT2D eigenvalue weighted by atomic mass is 10.2. The summed E-state index contributed by atoms with van der Waals surface area (Å²) < 4.78 is 35.6. The van der Waals surface area contributed by atoms with Gasteiger partial charge in [-0.3, -0.25) is 4.79 Å². The number of ether oxygens (including phenoxy) is 4. The third kappa shape index (κ3) is 7.36. The van der Waals surface area contributed by atoms with E-state index in [-0.39, 0.29) is 12.4 Å². The van der Waals surface area contributed by atoms with Crippen LogP contribution in [0, 0.1) is 5.82 Å². The number of methoxy groups -OCH3 is 1. The van der Waals surface area contributed by atoms with Crippen LogP contribution in [0.2, 0.25) is 5.02 Å². The molecule has 0 aromatic heterocycles. The Labute approximate surface area is 214 Å². The fraction of sp³-hybridized carbons (Fsp3) is 0.259. The largest absolute Gasteiger partial charge is 0.493 e. The van der Waals surface area contributed by atoms with Crippen LogP contribution in [0.5, 0.6) is 23.0 Å². The minimum atomic E-state index is -0.415. The van der Waals surface area contributed by atoms with E-state index in [1.807, 2.05) is 13.8 Å². The van der Waals surface area contributed by atoms with Crippen LogP contribution in [-0.4, -0.2) is 32.4 Å². The molecule has 3 aromatic rings. The van der Waals surface area contributed by atoms with Crippen molar-refractivity contribution in [2.24, 2.45) is 5.10 Å². The molecule has 0 radical (unpaired) electrons. The van der Waals surface area contributed by atoms with E-state index >= 15 is 0 Å². The molecule has 0 aliphatic heterocycles. The van der Waals surface area contributed by atoms with Crippen molar-refractivity contribution in [3.8, 4) is 23.0 Å². The van der Waals surface area contributed by atoms with Crippen LogP contribution in [0.25, 0.3) is 0 Å². The number of rotatable bonds is 12. The molecule has 0 aliphatic rings. The number of carbonyl (C=O) groups excluding carboxylic acids is 1. The van der Waals surface area contributed by atoms with E-state index in [1.165, 1.54) is 25.5 Å². The summed E-state index contributed by atoms with van der Waals surface area (Å²) in [4.78, 5) is 12.5. The van der Waals surface area contributed by atoms with Gasteiger partial charge in [0.25, 0.3) is 5.91 Å². The molecule has 0 bridgehead atoms. The second kappa shape index (κ2) is 13.3. The molecule has 3 rings (SSSR count). The molecule has 0 atom stereocenters. The number of halogens is 2. The second-order valence-corrected chi connectivity index (χ2v) is 8.00. The Morgan fingerprint density at radius 2 is 1.78 bits per heavy atom. The van der Waals surface area contributed by atoms with Crippen molar-refractivity contribution >= 4 is 23.7 Å². The zero-order valence-corrected chi connectivity index (χ0v) is 21.1. The average Bonchev–Trinajstić information content (AvgIpc) is 2.88. The molecule has 0 unspecified atom stereocenters. The molecule has 3 aromatic carbocycles. The van der Waals surface area contributed by atoms with Gasteiger partial charge in [-0.1, -0.05) is 30.7 Å². The quantitative estimate of drug-likeness (QED) is 0.236. The number of hydrogen-bond acceptors (Lipinski definition) is 6. The number of nitrogens with one attached hydrogen (secondary N) is 1. The Balaban J connectivity index is 1.69. The molecule has 9 heteroatoms. The lowest BCUT2D eigenvalue weighted by Crippen LogP contribution is -2.17. The number of carbonyl (C=O) groups is 1. The van der Waals surface area contributed by atoms with E-state index < -0.39 is 5.91 Å². The number of nitrogens with zero attached hydrogens (tertiary/aromatic N) is 1. The third-order valence-electron chi connectivity index (χ3n) is 4.90. The number of amides is 1. The molecule has 0 saturated carbocycles. The van der Waals surface area contributed by atoms with Gasteiger partial charge in [-0.2, -0.15) is 5.10 Å². The van der Waals surface area contributed by atoms with Crippen LogP contribution in [-0.2, 0) is 6.61 Å². The average molecular weight is 515 g/mol. The van der Waals surface area contributed by atoms with E-state index in [0.717, 1.165) is 12.0 Å². The number of hydrazone groups is 1. The fourth-order valence-corrected chi connectivity index (χ4v) is 3.45. The van der Waals surface area contributed by atoms with Gasteiger partial charge in [0.15, 0.2) is 23.0 Å². The van der Waals surface area contributed by atoms with Crippen molar-refractivity contribution in [3.63, 3.8) is 0 Å². The Morgan fingerprint density at radius 3 is 2.47 bits per heavy atom. The monoisotopic (exact) mass is 514 g/mol. The van der Waals surface area contributed by atoms with Gasteiger partial charge in [-0.15, -0.1) is 0 Å². The molecule has 7 nitrogen and oxygen atoms in total. The summed E-state index contributed by atoms with van der Waals surface area (Å²) in [5.74, 6) is 1.08. The minimum Gasteiger partial charge on any atom is -0.493 e. The van der Waals surface area contributed by atoms with Gasteiger partial charge >= 0.3 is 0 Å². The molecular formula is C27H28ClFN2O5. The molecule has 1 amide bonds. The van der Waals surface area contributed by atoms with Gasteiger partial charge in [0.1, 0.15) is 12.4 Å². The Hall–Kier alpha value is -3.78. The predicted octanol–water partition coefficient (Wildman–Crippen LogP) is 6.02. The van der Waals surface area contributed by atoms with Gasteiger partial charge in [-0.05, 0) is 66.9 Å². The zero-order chi connectivity index (χ0) is 25.9. The highest BCUT2D eigenvalue weighted by Crippen LogP contribution is 2.37. The van der Waals surface area contributed by atoms with Crippen molar-refractivity contribution in [1.82, 2.24) is 5.43 Å². The number of hydrogen-bond donors (Lipinski definition) is 1. The smallest absolute Gasteiger partial charge is 0.271 e. The molecule has 0 heterocycles. The van der Waals surface area contributed by atoms with Crippen LogP contribution in [0.3, 0.4) is 0 Å². The van der Waals surface area contributed by atoms with Crippen molar-refractivity contribution in [2.45, 2.75) is 26.9 Å². The summed E-state index contributed by atoms with van der Waals surface area (Å²) in [7, 11) is 1.51. The SMILES string of the molecule is CCCOc1ccc(C(=O)N/N=C/c2cc(Cl)c(OCc3ccc(F)cc3)c(OCC)c2)cc1OC. The van der Waals surface area contributed by atoms with Gasteiger partial charge in [0.05, 0.1) is 31.6 Å². The van der Waals surface area contributed by atoms with E-state index in [2.05, 4.69) is 10.5 Å². The normalized spacial score (nSPS) is 10.8. The maximum absolute atomic E-state index is 13.1. The van der Waals surface area contributed by atoms with Crippen LogP contribution in [0.4, 0.5) is 4.39 Å². The summed E-state index contributed by atoms with van der Waals surface area (Å²) in [6.07, 6.45) is 2.31. The van der Waals surface area contributed by atoms with E-state index in [9.17, 15) is 9.18 Å². The van der Waals surface area contributed by atoms with Gasteiger partial charge in [0.2, 0.25) is 0 Å². The minimum absolute atomic E-state index is 0.190. The van der Waals surface area contributed by atoms with E-state index in [1.54, 1.807) is 42.5 Å². The molecule has 190 valence electrons. The molecule has 1 N–H and O–H groups in total. The Morgan fingerprint density at radius 1 is 1.00 bits per heavy atom. The lowest BCUT2D eigenvalue weighted by molar-refractivity contribution is 0.0954. The first kappa shape index (κ1) is 26.8. The summed E-state index contributed by atoms with van der Waals surface area (Å²) in [5, 5.41) is 4.34. The van der Waals surface area contributed by atoms with Crippen molar-refractivity contribution in [2.75, 3.05) is 20.3 Å².